The summed E-state index contributed by atoms with van der Waals surface area (Å²) in [7, 11) is 0. The molecule has 1 aromatic carbocycles. The molecule has 0 N–H and O–H groups in total. The Morgan fingerprint density at radius 1 is 1.33 bits per heavy atom. The van der Waals surface area contributed by atoms with Gasteiger partial charge in [0.1, 0.15) is 5.75 Å². The summed E-state index contributed by atoms with van der Waals surface area (Å²) in [6.07, 6.45) is 5.42. The molecule has 2 heterocycles. The van der Waals surface area contributed by atoms with Crippen LogP contribution in [-0.2, 0) is 0 Å². The molecule has 0 aromatic heterocycles. The van der Waals surface area contributed by atoms with Crippen LogP contribution in [0.4, 0.5) is 0 Å². The van der Waals surface area contributed by atoms with Gasteiger partial charge in [0.2, 0.25) is 0 Å². The van der Waals surface area contributed by atoms with E-state index in [0.717, 1.165) is 43.4 Å². The SMILES string of the molecule is CCCOc1cccc(C(=O)N2C3CCC2CC(Br)C3)c1. The minimum absolute atomic E-state index is 0.170. The molecule has 2 saturated heterocycles. The van der Waals surface area contributed by atoms with Gasteiger partial charge in [-0.15, -0.1) is 0 Å². The first-order chi connectivity index (χ1) is 10.2. The molecule has 3 rings (SSSR count). The monoisotopic (exact) mass is 351 g/mol. The zero-order chi connectivity index (χ0) is 14.8. The van der Waals surface area contributed by atoms with Crippen molar-refractivity contribution in [3.05, 3.63) is 29.8 Å². The van der Waals surface area contributed by atoms with Gasteiger partial charge in [-0.2, -0.15) is 0 Å². The average Bonchev–Trinajstić information content (AvgIpc) is 2.76. The summed E-state index contributed by atoms with van der Waals surface area (Å²) in [5.41, 5.74) is 0.758. The van der Waals surface area contributed by atoms with Crippen molar-refractivity contribution in [2.24, 2.45) is 0 Å². The first-order valence-electron chi connectivity index (χ1n) is 7.88. The van der Waals surface area contributed by atoms with Crippen molar-refractivity contribution >= 4 is 21.8 Å². The lowest BCUT2D eigenvalue weighted by Crippen LogP contribution is -2.46. The molecule has 0 spiro atoms. The van der Waals surface area contributed by atoms with Crippen molar-refractivity contribution in [1.29, 1.82) is 0 Å². The number of hydrogen-bond acceptors (Lipinski definition) is 2. The molecule has 2 aliphatic rings. The number of carbonyl (C=O) groups excluding carboxylic acids is 1. The van der Waals surface area contributed by atoms with E-state index in [1.165, 1.54) is 0 Å². The number of piperidine rings is 1. The van der Waals surface area contributed by atoms with Gasteiger partial charge in [0.15, 0.2) is 0 Å². The van der Waals surface area contributed by atoms with Crippen molar-refractivity contribution in [2.75, 3.05) is 6.61 Å². The van der Waals surface area contributed by atoms with E-state index in [4.69, 9.17) is 4.74 Å². The van der Waals surface area contributed by atoms with Gasteiger partial charge >= 0.3 is 0 Å². The Morgan fingerprint density at radius 2 is 2.05 bits per heavy atom. The molecular weight excluding hydrogens is 330 g/mol. The predicted octanol–water partition coefficient (Wildman–Crippen LogP) is 4.01. The zero-order valence-electron chi connectivity index (χ0n) is 12.4. The molecule has 0 radical (unpaired) electrons. The molecule has 21 heavy (non-hydrogen) atoms. The maximum absolute atomic E-state index is 12.8. The number of carbonyl (C=O) groups is 1. The van der Waals surface area contributed by atoms with E-state index in [1.54, 1.807) is 0 Å². The van der Waals surface area contributed by atoms with Crippen molar-refractivity contribution < 1.29 is 9.53 Å². The number of rotatable bonds is 4. The normalized spacial score (nSPS) is 27.7. The van der Waals surface area contributed by atoms with Gasteiger partial charge in [-0.05, 0) is 50.3 Å². The number of amides is 1. The molecule has 3 nitrogen and oxygen atoms in total. The first-order valence-corrected chi connectivity index (χ1v) is 8.80. The highest BCUT2D eigenvalue weighted by molar-refractivity contribution is 9.09. The van der Waals surface area contributed by atoms with Gasteiger partial charge in [-0.25, -0.2) is 0 Å². The third kappa shape index (κ3) is 3.10. The molecule has 114 valence electrons. The minimum atomic E-state index is 0.170. The Hall–Kier alpha value is -1.03. The molecular formula is C17H22BrNO2. The Kier molecular flexibility index (Phi) is 4.53. The van der Waals surface area contributed by atoms with Crippen molar-refractivity contribution in [1.82, 2.24) is 4.90 Å². The van der Waals surface area contributed by atoms with Crippen molar-refractivity contribution in [3.63, 3.8) is 0 Å². The topological polar surface area (TPSA) is 29.5 Å². The van der Waals surface area contributed by atoms with Crippen LogP contribution in [0.1, 0.15) is 49.4 Å². The second kappa shape index (κ2) is 6.39. The number of hydrogen-bond donors (Lipinski definition) is 0. The molecule has 2 aliphatic heterocycles. The fourth-order valence-corrected chi connectivity index (χ4v) is 4.39. The third-order valence-corrected chi connectivity index (χ3v) is 5.21. The van der Waals surface area contributed by atoms with E-state index in [1.807, 2.05) is 24.3 Å². The van der Waals surface area contributed by atoms with Crippen LogP contribution in [0, 0.1) is 0 Å². The van der Waals surface area contributed by atoms with Gasteiger partial charge in [0, 0.05) is 22.5 Å². The summed E-state index contributed by atoms with van der Waals surface area (Å²) in [6.45, 7) is 2.77. The molecule has 1 amide bonds. The van der Waals surface area contributed by atoms with E-state index in [-0.39, 0.29) is 5.91 Å². The molecule has 0 saturated carbocycles. The smallest absolute Gasteiger partial charge is 0.254 e. The standard InChI is InChI=1S/C17H22BrNO2/c1-2-8-21-16-5-3-4-12(9-16)17(20)19-14-6-7-15(19)11-13(18)10-14/h3-5,9,13-15H,2,6-8,10-11H2,1H3. The van der Waals surface area contributed by atoms with Gasteiger partial charge < -0.3 is 9.64 Å². The van der Waals surface area contributed by atoms with Crippen molar-refractivity contribution in [2.45, 2.75) is 55.9 Å². The fourth-order valence-electron chi connectivity index (χ4n) is 3.53. The van der Waals surface area contributed by atoms with Gasteiger partial charge in [0.05, 0.1) is 6.61 Å². The second-order valence-electron chi connectivity index (χ2n) is 6.04. The van der Waals surface area contributed by atoms with Gasteiger partial charge in [-0.3, -0.25) is 4.79 Å². The molecule has 0 aliphatic carbocycles. The van der Waals surface area contributed by atoms with Crippen LogP contribution in [0.5, 0.6) is 5.75 Å². The molecule has 2 bridgehead atoms. The number of ether oxygens (including phenoxy) is 1. The number of halogens is 1. The summed E-state index contributed by atoms with van der Waals surface area (Å²) in [4.78, 5) is 15.5. The molecule has 4 heteroatoms. The van der Waals surface area contributed by atoms with Crippen LogP contribution in [0.3, 0.4) is 0 Å². The largest absolute Gasteiger partial charge is 0.494 e. The molecule has 2 fully saturated rings. The Morgan fingerprint density at radius 3 is 2.71 bits per heavy atom. The third-order valence-electron chi connectivity index (χ3n) is 4.46. The number of nitrogens with zero attached hydrogens (tertiary/aromatic N) is 1. The fraction of sp³-hybridized carbons (Fsp3) is 0.588. The van der Waals surface area contributed by atoms with Crippen LogP contribution in [-0.4, -0.2) is 34.3 Å². The number of benzene rings is 1. The van der Waals surface area contributed by atoms with Crippen LogP contribution < -0.4 is 4.74 Å². The highest BCUT2D eigenvalue weighted by Crippen LogP contribution is 2.39. The molecule has 2 unspecified atom stereocenters. The van der Waals surface area contributed by atoms with E-state index in [0.29, 0.717) is 23.5 Å². The molecule has 1 aromatic rings. The minimum Gasteiger partial charge on any atom is -0.494 e. The Balaban J connectivity index is 1.76. The van der Waals surface area contributed by atoms with Crippen molar-refractivity contribution in [3.8, 4) is 5.75 Å². The highest BCUT2D eigenvalue weighted by Gasteiger charge is 2.42. The first kappa shape index (κ1) is 14.9. The van der Waals surface area contributed by atoms with E-state index < -0.39 is 0 Å². The number of alkyl halides is 1. The second-order valence-corrected chi connectivity index (χ2v) is 7.34. The maximum Gasteiger partial charge on any atom is 0.254 e. The average molecular weight is 352 g/mol. The van der Waals surface area contributed by atoms with Crippen LogP contribution in [0.2, 0.25) is 0 Å². The summed E-state index contributed by atoms with van der Waals surface area (Å²) < 4.78 is 5.64. The highest BCUT2D eigenvalue weighted by atomic mass is 79.9. The molecule has 2 atom stereocenters. The predicted molar refractivity (Wildman–Crippen MR) is 87.2 cm³/mol. The van der Waals surface area contributed by atoms with Crippen LogP contribution >= 0.6 is 15.9 Å². The van der Waals surface area contributed by atoms with E-state index in [9.17, 15) is 4.79 Å². The summed E-state index contributed by atoms with van der Waals surface area (Å²) in [5.74, 6) is 0.967. The quantitative estimate of drug-likeness (QED) is 0.767. The lowest BCUT2D eigenvalue weighted by molar-refractivity contribution is 0.0603. The number of fused-ring (bicyclic) bond motifs is 2. The Labute approximate surface area is 134 Å². The van der Waals surface area contributed by atoms with Gasteiger partial charge in [-0.1, -0.05) is 28.9 Å². The summed E-state index contributed by atoms with van der Waals surface area (Å²) in [6, 6.07) is 8.43. The van der Waals surface area contributed by atoms with Crippen LogP contribution in [0.25, 0.3) is 0 Å². The zero-order valence-corrected chi connectivity index (χ0v) is 14.0. The maximum atomic E-state index is 12.8. The summed E-state index contributed by atoms with van der Waals surface area (Å²) >= 11 is 3.72. The lowest BCUT2D eigenvalue weighted by Gasteiger charge is -2.37. The van der Waals surface area contributed by atoms with Crippen LogP contribution in [0.15, 0.2) is 24.3 Å². The van der Waals surface area contributed by atoms with E-state index >= 15 is 0 Å². The summed E-state index contributed by atoms with van der Waals surface area (Å²) in [5, 5.41) is 0. The Bertz CT molecular complexity index is 505. The van der Waals surface area contributed by atoms with Gasteiger partial charge in [0.25, 0.3) is 5.91 Å². The van der Waals surface area contributed by atoms with E-state index in [2.05, 4.69) is 27.8 Å². The lowest BCUT2D eigenvalue weighted by atomic mass is 10.0.